The monoisotopic (exact) mass is 199 g/mol. The summed E-state index contributed by atoms with van der Waals surface area (Å²) in [5.41, 5.74) is -0.928. The molecule has 14 heavy (non-hydrogen) atoms. The Morgan fingerprint density at radius 3 is 2.50 bits per heavy atom. The number of hydrogen-bond donors (Lipinski definition) is 1. The van der Waals surface area contributed by atoms with Crippen LogP contribution < -0.4 is 5.32 Å². The summed E-state index contributed by atoms with van der Waals surface area (Å²) in [4.78, 5) is 33.1. The van der Waals surface area contributed by atoms with Gasteiger partial charge in [0.05, 0.1) is 5.41 Å². The lowest BCUT2D eigenvalue weighted by atomic mass is 9.83. The van der Waals surface area contributed by atoms with E-state index in [-0.39, 0.29) is 18.2 Å². The molecule has 5 heteroatoms. The molecule has 1 saturated heterocycles. The molecule has 2 amide bonds. The highest BCUT2D eigenvalue weighted by Crippen LogP contribution is 2.32. The number of imide groups is 1. The van der Waals surface area contributed by atoms with E-state index in [4.69, 9.17) is 4.74 Å². The number of ether oxygens (including phenoxy) is 1. The first-order valence-electron chi connectivity index (χ1n) is 4.38. The highest BCUT2D eigenvalue weighted by molar-refractivity contribution is 6.06. The average molecular weight is 199 g/mol. The average Bonchev–Trinajstić information content (AvgIpc) is 2.25. The van der Waals surface area contributed by atoms with Gasteiger partial charge in [-0.2, -0.15) is 0 Å². The molecule has 5 nitrogen and oxygen atoms in total. The zero-order chi connectivity index (χ0) is 10.9. The SMILES string of the molecule is CC(=O)OC(C)C1(C)CC(=O)NC1=O. The van der Waals surface area contributed by atoms with Crippen molar-refractivity contribution in [3.63, 3.8) is 0 Å². The molecule has 0 bridgehead atoms. The van der Waals surface area contributed by atoms with Gasteiger partial charge in [0, 0.05) is 13.3 Å². The van der Waals surface area contributed by atoms with Crippen molar-refractivity contribution >= 4 is 17.8 Å². The number of nitrogens with one attached hydrogen (secondary N) is 1. The highest BCUT2D eigenvalue weighted by atomic mass is 16.5. The molecule has 1 N–H and O–H groups in total. The standard InChI is InChI=1S/C9H13NO4/c1-5(14-6(2)11)9(3)4-7(12)10-8(9)13/h5H,4H2,1-3H3,(H,10,12,13). The van der Waals surface area contributed by atoms with Crippen molar-refractivity contribution in [1.82, 2.24) is 5.32 Å². The van der Waals surface area contributed by atoms with Crippen LogP contribution >= 0.6 is 0 Å². The summed E-state index contributed by atoms with van der Waals surface area (Å²) in [6, 6.07) is 0. The van der Waals surface area contributed by atoms with Crippen LogP contribution in [0.1, 0.15) is 27.2 Å². The molecule has 0 spiro atoms. The first-order valence-corrected chi connectivity index (χ1v) is 4.38. The molecule has 1 fully saturated rings. The maximum Gasteiger partial charge on any atom is 0.302 e. The lowest BCUT2D eigenvalue weighted by Crippen LogP contribution is -2.40. The molecule has 1 aliphatic rings. The molecule has 2 atom stereocenters. The van der Waals surface area contributed by atoms with Crippen molar-refractivity contribution < 1.29 is 19.1 Å². The summed E-state index contributed by atoms with van der Waals surface area (Å²) < 4.78 is 4.90. The Balaban J connectivity index is 2.79. The van der Waals surface area contributed by atoms with E-state index in [0.717, 1.165) is 0 Å². The molecule has 1 rings (SSSR count). The molecule has 0 aromatic heterocycles. The van der Waals surface area contributed by atoms with Crippen LogP contribution in [0.2, 0.25) is 0 Å². The quantitative estimate of drug-likeness (QED) is 0.501. The summed E-state index contributed by atoms with van der Waals surface area (Å²) in [6.07, 6.45) is -0.522. The molecule has 0 aromatic carbocycles. The first-order chi connectivity index (χ1) is 6.36. The normalized spacial score (nSPS) is 28.5. The zero-order valence-electron chi connectivity index (χ0n) is 8.42. The van der Waals surface area contributed by atoms with Gasteiger partial charge in [-0.25, -0.2) is 0 Å². The van der Waals surface area contributed by atoms with E-state index in [1.54, 1.807) is 13.8 Å². The molecule has 0 aromatic rings. The van der Waals surface area contributed by atoms with Crippen LogP contribution in [0, 0.1) is 5.41 Å². The third kappa shape index (κ3) is 1.76. The third-order valence-corrected chi connectivity index (χ3v) is 2.54. The fourth-order valence-corrected chi connectivity index (χ4v) is 1.43. The van der Waals surface area contributed by atoms with Crippen molar-refractivity contribution in [2.45, 2.75) is 33.3 Å². The first kappa shape index (κ1) is 10.7. The molecule has 0 radical (unpaired) electrons. The van der Waals surface area contributed by atoms with Crippen molar-refractivity contribution in [3.05, 3.63) is 0 Å². The Labute approximate surface area is 81.8 Å². The van der Waals surface area contributed by atoms with Crippen LogP contribution in [0.25, 0.3) is 0 Å². The Morgan fingerprint density at radius 1 is 1.57 bits per heavy atom. The van der Waals surface area contributed by atoms with Crippen molar-refractivity contribution in [2.75, 3.05) is 0 Å². The van der Waals surface area contributed by atoms with E-state index in [0.29, 0.717) is 0 Å². The van der Waals surface area contributed by atoms with Gasteiger partial charge >= 0.3 is 5.97 Å². The summed E-state index contributed by atoms with van der Waals surface area (Å²) in [7, 11) is 0. The maximum absolute atomic E-state index is 11.4. The van der Waals surface area contributed by atoms with Crippen molar-refractivity contribution in [3.8, 4) is 0 Å². The van der Waals surface area contributed by atoms with Crippen LogP contribution in [0.15, 0.2) is 0 Å². The van der Waals surface area contributed by atoms with Crippen LogP contribution in [-0.2, 0) is 19.1 Å². The van der Waals surface area contributed by atoms with E-state index < -0.39 is 17.5 Å². The Kier molecular flexibility index (Phi) is 2.59. The van der Waals surface area contributed by atoms with Gasteiger partial charge in [-0.1, -0.05) is 0 Å². The van der Waals surface area contributed by atoms with Gasteiger partial charge in [-0.15, -0.1) is 0 Å². The summed E-state index contributed by atoms with van der Waals surface area (Å²) in [6.45, 7) is 4.49. The predicted octanol–water partition coefficient (Wildman–Crippen LogP) is -0.00920. The largest absolute Gasteiger partial charge is 0.462 e. The molecule has 0 saturated carbocycles. The van der Waals surface area contributed by atoms with E-state index >= 15 is 0 Å². The minimum atomic E-state index is -0.928. The van der Waals surface area contributed by atoms with E-state index in [9.17, 15) is 14.4 Å². The lowest BCUT2D eigenvalue weighted by Gasteiger charge is -2.26. The second kappa shape index (κ2) is 3.40. The second-order valence-corrected chi connectivity index (χ2v) is 3.72. The number of esters is 1. The minimum Gasteiger partial charge on any atom is -0.462 e. The molecule has 78 valence electrons. The molecule has 0 aliphatic carbocycles. The number of carbonyl (C=O) groups excluding carboxylic acids is 3. The van der Waals surface area contributed by atoms with E-state index in [1.807, 2.05) is 0 Å². The van der Waals surface area contributed by atoms with Crippen LogP contribution in [-0.4, -0.2) is 23.9 Å². The third-order valence-electron chi connectivity index (χ3n) is 2.54. The van der Waals surface area contributed by atoms with Gasteiger partial charge in [0.15, 0.2) is 0 Å². The lowest BCUT2D eigenvalue weighted by molar-refractivity contribution is -0.154. The van der Waals surface area contributed by atoms with Crippen LogP contribution in [0.5, 0.6) is 0 Å². The van der Waals surface area contributed by atoms with Crippen molar-refractivity contribution in [1.29, 1.82) is 0 Å². The van der Waals surface area contributed by atoms with Gasteiger partial charge in [0.25, 0.3) is 0 Å². The number of hydrogen-bond acceptors (Lipinski definition) is 4. The zero-order valence-corrected chi connectivity index (χ0v) is 8.42. The highest BCUT2D eigenvalue weighted by Gasteiger charge is 2.48. The summed E-state index contributed by atoms with van der Waals surface area (Å²) in [5, 5.41) is 2.19. The fourth-order valence-electron chi connectivity index (χ4n) is 1.43. The molecular weight excluding hydrogens is 186 g/mol. The maximum atomic E-state index is 11.4. The molecular formula is C9H13NO4. The minimum absolute atomic E-state index is 0.0697. The smallest absolute Gasteiger partial charge is 0.302 e. The van der Waals surface area contributed by atoms with Gasteiger partial charge < -0.3 is 4.74 Å². The Hall–Kier alpha value is -1.39. The van der Waals surface area contributed by atoms with Crippen LogP contribution in [0.3, 0.4) is 0 Å². The summed E-state index contributed by atoms with van der Waals surface area (Å²) >= 11 is 0. The summed E-state index contributed by atoms with van der Waals surface area (Å²) in [5.74, 6) is -1.15. The van der Waals surface area contributed by atoms with Gasteiger partial charge in [-0.3, -0.25) is 19.7 Å². The number of rotatable bonds is 2. The van der Waals surface area contributed by atoms with Gasteiger partial charge in [0.2, 0.25) is 11.8 Å². The van der Waals surface area contributed by atoms with Crippen molar-refractivity contribution in [2.24, 2.45) is 5.41 Å². The topological polar surface area (TPSA) is 72.5 Å². The van der Waals surface area contributed by atoms with E-state index in [2.05, 4.69) is 5.32 Å². The number of amides is 2. The Morgan fingerprint density at radius 2 is 2.14 bits per heavy atom. The fraction of sp³-hybridized carbons (Fsp3) is 0.667. The van der Waals surface area contributed by atoms with Gasteiger partial charge in [-0.05, 0) is 13.8 Å². The Bertz CT molecular complexity index is 299. The van der Waals surface area contributed by atoms with Gasteiger partial charge in [0.1, 0.15) is 6.10 Å². The molecule has 2 unspecified atom stereocenters. The van der Waals surface area contributed by atoms with Crippen LogP contribution in [0.4, 0.5) is 0 Å². The second-order valence-electron chi connectivity index (χ2n) is 3.72. The predicted molar refractivity (Wildman–Crippen MR) is 47.1 cm³/mol. The number of carbonyl (C=O) groups is 3. The van der Waals surface area contributed by atoms with E-state index in [1.165, 1.54) is 6.92 Å². The molecule has 1 heterocycles. The molecule has 1 aliphatic heterocycles.